The molecule has 0 aliphatic heterocycles. The summed E-state index contributed by atoms with van der Waals surface area (Å²) in [5.74, 6) is 1.08. The van der Waals surface area contributed by atoms with Crippen LogP contribution < -0.4 is 15.0 Å². The quantitative estimate of drug-likeness (QED) is 0.456. The number of hydrogen-bond donors (Lipinski definition) is 1. The van der Waals surface area contributed by atoms with E-state index in [1.807, 2.05) is 37.3 Å². The predicted molar refractivity (Wildman–Crippen MR) is 134 cm³/mol. The summed E-state index contributed by atoms with van der Waals surface area (Å²) in [6.07, 6.45) is 7.59. The largest absolute Gasteiger partial charge is 0.497 e. The Morgan fingerprint density at radius 3 is 2.41 bits per heavy atom. The Bertz CT molecular complexity index is 1090. The number of ether oxygens (including phenoxy) is 1. The topological polar surface area (TPSA) is 67.3 Å². The average Bonchev–Trinajstić information content (AvgIpc) is 3.31. The third kappa shape index (κ3) is 7.01. The van der Waals surface area contributed by atoms with E-state index >= 15 is 0 Å². The molecule has 1 amide bonds. The van der Waals surface area contributed by atoms with Crippen molar-refractivity contribution in [2.24, 2.45) is 5.92 Å². The highest BCUT2D eigenvalue weighted by Gasteiger charge is 2.18. The molecule has 4 rings (SSSR count). The molecule has 1 heterocycles. The van der Waals surface area contributed by atoms with Crippen molar-refractivity contribution < 1.29 is 13.9 Å². The van der Waals surface area contributed by atoms with Crippen LogP contribution in [0.15, 0.2) is 54.7 Å². The Balaban J connectivity index is 0.000000469. The van der Waals surface area contributed by atoms with Crippen LogP contribution in [-0.2, 0) is 11.3 Å². The van der Waals surface area contributed by atoms with Gasteiger partial charge in [0.2, 0.25) is 11.9 Å². The van der Waals surface area contributed by atoms with Crippen LogP contribution in [0, 0.1) is 18.7 Å². The lowest BCUT2D eigenvalue weighted by atomic mass is 10.2. The van der Waals surface area contributed by atoms with E-state index in [-0.39, 0.29) is 18.1 Å². The van der Waals surface area contributed by atoms with Crippen LogP contribution in [0.3, 0.4) is 0 Å². The number of amides is 1. The molecule has 0 unspecified atom stereocenters. The first-order chi connectivity index (χ1) is 16.4. The Labute approximate surface area is 201 Å². The molecule has 1 saturated carbocycles. The molecule has 1 fully saturated rings. The monoisotopic (exact) mass is 464 g/mol. The van der Waals surface area contributed by atoms with Crippen molar-refractivity contribution in [3.63, 3.8) is 0 Å². The zero-order chi connectivity index (χ0) is 24.5. The first kappa shape index (κ1) is 25.1. The van der Waals surface area contributed by atoms with E-state index in [2.05, 4.69) is 22.2 Å². The Hall–Kier alpha value is -3.48. The lowest BCUT2D eigenvalue weighted by Gasteiger charge is -2.23. The summed E-state index contributed by atoms with van der Waals surface area (Å²) in [5.41, 5.74) is 2.48. The van der Waals surface area contributed by atoms with Crippen molar-refractivity contribution >= 4 is 23.2 Å². The smallest absolute Gasteiger partial charge is 0.227 e. The molecule has 3 aromatic rings. The predicted octanol–water partition coefficient (Wildman–Crippen LogP) is 6.43. The van der Waals surface area contributed by atoms with E-state index in [9.17, 15) is 9.18 Å². The molecule has 0 spiro atoms. The molecule has 7 heteroatoms. The molecule has 0 bridgehead atoms. The summed E-state index contributed by atoms with van der Waals surface area (Å²) >= 11 is 0. The van der Waals surface area contributed by atoms with E-state index in [4.69, 9.17) is 4.74 Å². The minimum absolute atomic E-state index is 0.163. The fraction of sp³-hybridized carbons (Fsp3) is 0.370. The van der Waals surface area contributed by atoms with Crippen molar-refractivity contribution in [1.82, 2.24) is 9.97 Å². The van der Waals surface area contributed by atoms with Gasteiger partial charge in [-0.1, -0.05) is 50.8 Å². The van der Waals surface area contributed by atoms with Crippen LogP contribution >= 0.6 is 0 Å². The Kier molecular flexibility index (Phi) is 8.96. The molecule has 6 nitrogen and oxygen atoms in total. The molecule has 34 heavy (non-hydrogen) atoms. The van der Waals surface area contributed by atoms with E-state index in [0.29, 0.717) is 17.4 Å². The molecule has 2 aromatic carbocycles. The van der Waals surface area contributed by atoms with Crippen molar-refractivity contribution in [3.8, 4) is 5.75 Å². The zero-order valence-electron chi connectivity index (χ0n) is 20.3. The summed E-state index contributed by atoms with van der Waals surface area (Å²) in [6, 6.07) is 14.0. The van der Waals surface area contributed by atoms with Crippen LogP contribution in [0.5, 0.6) is 5.75 Å². The van der Waals surface area contributed by atoms with E-state index in [0.717, 1.165) is 17.2 Å². The van der Waals surface area contributed by atoms with Crippen LogP contribution in [-0.4, -0.2) is 23.0 Å². The van der Waals surface area contributed by atoms with E-state index in [1.165, 1.54) is 56.7 Å². The maximum Gasteiger partial charge on any atom is 0.227 e. The molecule has 0 saturated heterocycles. The molecule has 1 aliphatic carbocycles. The second kappa shape index (κ2) is 12.1. The number of carbonyl (C=O) groups is 1. The van der Waals surface area contributed by atoms with Gasteiger partial charge in [-0.25, -0.2) is 14.4 Å². The van der Waals surface area contributed by atoms with Crippen LogP contribution in [0.25, 0.3) is 0 Å². The van der Waals surface area contributed by atoms with E-state index < -0.39 is 5.82 Å². The van der Waals surface area contributed by atoms with Crippen LogP contribution in [0.4, 0.5) is 21.7 Å². The van der Waals surface area contributed by atoms with Crippen molar-refractivity contribution in [1.29, 1.82) is 0 Å². The number of hydrogen-bond acceptors (Lipinski definition) is 5. The third-order valence-electron chi connectivity index (χ3n) is 5.91. The summed E-state index contributed by atoms with van der Waals surface area (Å²) in [6.45, 7) is 5.73. The molecule has 1 N–H and O–H groups in total. The van der Waals surface area contributed by atoms with Gasteiger partial charge in [-0.05, 0) is 37.1 Å². The van der Waals surface area contributed by atoms with Crippen molar-refractivity contribution in [2.45, 2.75) is 53.0 Å². The number of carbonyl (C=O) groups excluding carboxylic acids is 1. The fourth-order valence-electron chi connectivity index (χ4n) is 3.86. The number of benzene rings is 2. The van der Waals surface area contributed by atoms with Gasteiger partial charge < -0.3 is 15.0 Å². The van der Waals surface area contributed by atoms with Crippen LogP contribution in [0.1, 0.15) is 50.8 Å². The number of aromatic nitrogens is 2. The van der Waals surface area contributed by atoms with Gasteiger partial charge in [0.15, 0.2) is 5.82 Å². The van der Waals surface area contributed by atoms with E-state index in [1.54, 1.807) is 12.3 Å². The maximum absolute atomic E-state index is 14.4. The van der Waals surface area contributed by atoms with Gasteiger partial charge in [-0.3, -0.25) is 4.79 Å². The van der Waals surface area contributed by atoms with Gasteiger partial charge in [0, 0.05) is 36.1 Å². The summed E-state index contributed by atoms with van der Waals surface area (Å²) in [7, 11) is 1.46. The highest BCUT2D eigenvalue weighted by molar-refractivity contribution is 5.91. The van der Waals surface area contributed by atoms with Crippen molar-refractivity contribution in [2.75, 3.05) is 17.3 Å². The fourth-order valence-corrected chi connectivity index (χ4v) is 3.86. The highest BCUT2D eigenvalue weighted by Crippen LogP contribution is 2.26. The van der Waals surface area contributed by atoms with Gasteiger partial charge in [-0.15, -0.1) is 0 Å². The SMILES string of the molecule is CC1CCCC1.COc1ccc(N(Cc2cnc(Nc3ccccc3)nc2C)C(C)=O)c(F)c1. The normalized spacial score (nSPS) is 13.1. The number of aryl methyl sites for hydroxylation is 1. The number of para-hydroxylation sites is 1. The number of rotatable bonds is 6. The number of nitrogens with zero attached hydrogens (tertiary/aromatic N) is 3. The Morgan fingerprint density at radius 2 is 1.88 bits per heavy atom. The Morgan fingerprint density at radius 1 is 1.18 bits per heavy atom. The number of nitrogens with one attached hydrogen (secondary N) is 1. The minimum Gasteiger partial charge on any atom is -0.497 e. The number of halogens is 1. The third-order valence-corrected chi connectivity index (χ3v) is 5.91. The van der Waals surface area contributed by atoms with Gasteiger partial charge in [-0.2, -0.15) is 0 Å². The summed E-state index contributed by atoms with van der Waals surface area (Å²) in [4.78, 5) is 22.3. The first-order valence-electron chi connectivity index (χ1n) is 11.6. The average molecular weight is 465 g/mol. The second-order valence-corrected chi connectivity index (χ2v) is 8.61. The maximum atomic E-state index is 14.4. The van der Waals surface area contributed by atoms with Gasteiger partial charge in [0.25, 0.3) is 0 Å². The van der Waals surface area contributed by atoms with Gasteiger partial charge >= 0.3 is 0 Å². The lowest BCUT2D eigenvalue weighted by Crippen LogP contribution is -2.29. The molecule has 180 valence electrons. The van der Waals surface area contributed by atoms with Gasteiger partial charge in [0.1, 0.15) is 5.75 Å². The molecule has 0 radical (unpaired) electrons. The standard InChI is InChI=1S/C21H21FN4O2.C6H12/c1-14-16(12-23-21(24-14)25-17-7-5-4-6-8-17)13-26(15(2)27)20-10-9-18(28-3)11-19(20)22;1-6-4-2-3-5-6/h4-12H,13H2,1-3H3,(H,23,24,25);6H,2-5H2,1H3. The first-order valence-corrected chi connectivity index (χ1v) is 11.6. The second-order valence-electron chi connectivity index (χ2n) is 8.61. The van der Waals surface area contributed by atoms with Crippen molar-refractivity contribution in [3.05, 3.63) is 71.8 Å². The molecular weight excluding hydrogens is 431 g/mol. The molecule has 1 aliphatic rings. The molecule has 1 aromatic heterocycles. The summed E-state index contributed by atoms with van der Waals surface area (Å²) in [5, 5.41) is 3.12. The number of anilines is 3. The summed E-state index contributed by atoms with van der Waals surface area (Å²) < 4.78 is 19.5. The van der Waals surface area contributed by atoms with Gasteiger partial charge in [0.05, 0.1) is 19.3 Å². The number of methoxy groups -OCH3 is 1. The molecule has 0 atom stereocenters. The minimum atomic E-state index is -0.532. The van der Waals surface area contributed by atoms with Crippen LogP contribution in [0.2, 0.25) is 0 Å². The highest BCUT2D eigenvalue weighted by atomic mass is 19.1. The lowest BCUT2D eigenvalue weighted by molar-refractivity contribution is -0.116. The zero-order valence-corrected chi connectivity index (χ0v) is 20.3. The molecular formula is C27H33FN4O2.